The van der Waals surface area contributed by atoms with Gasteiger partial charge < -0.3 is 15.5 Å². The molecule has 19 heavy (non-hydrogen) atoms. The van der Waals surface area contributed by atoms with Gasteiger partial charge in [-0.2, -0.15) is 0 Å². The van der Waals surface area contributed by atoms with Crippen molar-refractivity contribution in [3.05, 3.63) is 28.8 Å². The molecule has 2 saturated heterocycles. The summed E-state index contributed by atoms with van der Waals surface area (Å²) < 4.78 is 0. The first-order valence-corrected chi connectivity index (χ1v) is 7.04. The molecule has 2 amide bonds. The van der Waals surface area contributed by atoms with Gasteiger partial charge >= 0.3 is 6.03 Å². The molecule has 0 aromatic heterocycles. The van der Waals surface area contributed by atoms with Gasteiger partial charge in [-0.05, 0) is 36.5 Å². The fourth-order valence-corrected chi connectivity index (χ4v) is 3.07. The number of likely N-dealkylation sites (tertiary alicyclic amines) is 1. The van der Waals surface area contributed by atoms with E-state index in [-0.39, 0.29) is 6.03 Å². The molecule has 3 rings (SSSR count). The van der Waals surface area contributed by atoms with Crippen LogP contribution < -0.4 is 10.6 Å². The number of hydrogen-bond acceptors (Lipinski definition) is 2. The summed E-state index contributed by atoms with van der Waals surface area (Å²) in [5.74, 6) is 1.24. The SMILES string of the molecule is Cc1ccc(NC(=O)N2C[C@H]3CNC[C@H]3C2)cc1Cl. The van der Waals surface area contributed by atoms with Crippen LogP contribution in [-0.4, -0.2) is 37.1 Å². The summed E-state index contributed by atoms with van der Waals surface area (Å²) in [5.41, 5.74) is 1.78. The van der Waals surface area contributed by atoms with Crippen molar-refractivity contribution < 1.29 is 4.79 Å². The first-order chi connectivity index (χ1) is 9.13. The van der Waals surface area contributed by atoms with E-state index in [9.17, 15) is 4.79 Å². The Morgan fingerprint density at radius 1 is 1.37 bits per heavy atom. The van der Waals surface area contributed by atoms with Crippen molar-refractivity contribution in [2.45, 2.75) is 6.92 Å². The third-order valence-electron chi connectivity index (χ3n) is 4.10. The molecule has 1 aromatic rings. The molecule has 5 heteroatoms. The number of rotatable bonds is 1. The molecule has 2 atom stereocenters. The van der Waals surface area contributed by atoms with Gasteiger partial charge in [-0.25, -0.2) is 4.79 Å². The molecule has 4 nitrogen and oxygen atoms in total. The van der Waals surface area contributed by atoms with Crippen LogP contribution in [0.3, 0.4) is 0 Å². The van der Waals surface area contributed by atoms with Crippen LogP contribution >= 0.6 is 11.6 Å². The maximum Gasteiger partial charge on any atom is 0.321 e. The lowest BCUT2D eigenvalue weighted by Gasteiger charge is -2.18. The Labute approximate surface area is 118 Å². The molecule has 2 heterocycles. The van der Waals surface area contributed by atoms with Crippen molar-refractivity contribution in [3.8, 4) is 0 Å². The van der Waals surface area contributed by atoms with Crippen molar-refractivity contribution in [2.75, 3.05) is 31.5 Å². The first kappa shape index (κ1) is 12.8. The predicted octanol–water partition coefficient (Wildman–Crippen LogP) is 2.33. The molecule has 0 radical (unpaired) electrons. The van der Waals surface area contributed by atoms with Gasteiger partial charge in [0.05, 0.1) is 0 Å². The summed E-state index contributed by atoms with van der Waals surface area (Å²) >= 11 is 6.06. The molecule has 0 aliphatic carbocycles. The van der Waals surface area contributed by atoms with Gasteiger partial charge in [0.1, 0.15) is 0 Å². The van der Waals surface area contributed by atoms with Crippen LogP contribution in [0.1, 0.15) is 5.56 Å². The van der Waals surface area contributed by atoms with Crippen LogP contribution in [0.4, 0.5) is 10.5 Å². The number of halogens is 1. The molecule has 1 aromatic carbocycles. The zero-order valence-corrected chi connectivity index (χ0v) is 11.7. The molecular formula is C14H18ClN3O. The van der Waals surface area contributed by atoms with E-state index in [1.807, 2.05) is 24.0 Å². The van der Waals surface area contributed by atoms with Crippen molar-refractivity contribution >= 4 is 23.3 Å². The number of hydrogen-bond donors (Lipinski definition) is 2. The number of urea groups is 1. The lowest BCUT2D eigenvalue weighted by Crippen LogP contribution is -2.35. The van der Waals surface area contributed by atoms with E-state index < -0.39 is 0 Å². The van der Waals surface area contributed by atoms with E-state index in [4.69, 9.17) is 11.6 Å². The van der Waals surface area contributed by atoms with Crippen molar-refractivity contribution in [2.24, 2.45) is 11.8 Å². The highest BCUT2D eigenvalue weighted by Gasteiger charge is 2.38. The Morgan fingerprint density at radius 3 is 2.68 bits per heavy atom. The lowest BCUT2D eigenvalue weighted by molar-refractivity contribution is 0.219. The van der Waals surface area contributed by atoms with Crippen LogP contribution in [0.25, 0.3) is 0 Å². The Balaban J connectivity index is 1.63. The quantitative estimate of drug-likeness (QED) is 0.829. The monoisotopic (exact) mass is 279 g/mol. The van der Waals surface area contributed by atoms with Crippen LogP contribution in [-0.2, 0) is 0 Å². The molecule has 2 fully saturated rings. The molecular weight excluding hydrogens is 262 g/mol. The smallest absolute Gasteiger partial charge is 0.321 e. The highest BCUT2D eigenvalue weighted by Crippen LogP contribution is 2.27. The number of fused-ring (bicyclic) bond motifs is 1. The number of amides is 2. The van der Waals surface area contributed by atoms with Gasteiger partial charge in [-0.3, -0.25) is 0 Å². The third kappa shape index (κ3) is 2.55. The van der Waals surface area contributed by atoms with Gasteiger partial charge in [0.25, 0.3) is 0 Å². The Kier molecular flexibility index (Phi) is 3.37. The van der Waals surface area contributed by atoms with Gasteiger partial charge in [0.2, 0.25) is 0 Å². The second kappa shape index (κ2) is 5.02. The zero-order valence-electron chi connectivity index (χ0n) is 10.9. The number of benzene rings is 1. The molecule has 0 saturated carbocycles. The molecule has 0 spiro atoms. The van der Waals surface area contributed by atoms with E-state index in [1.54, 1.807) is 6.07 Å². The number of nitrogens with one attached hydrogen (secondary N) is 2. The second-order valence-corrected chi connectivity index (χ2v) is 5.88. The number of anilines is 1. The fraction of sp³-hybridized carbons (Fsp3) is 0.500. The van der Waals surface area contributed by atoms with Crippen LogP contribution in [0, 0.1) is 18.8 Å². The maximum atomic E-state index is 12.2. The highest BCUT2D eigenvalue weighted by molar-refractivity contribution is 6.31. The third-order valence-corrected chi connectivity index (χ3v) is 4.51. The Hall–Kier alpha value is -1.26. The highest BCUT2D eigenvalue weighted by atomic mass is 35.5. The number of carbonyl (C=O) groups is 1. The van der Waals surface area contributed by atoms with Crippen molar-refractivity contribution in [1.29, 1.82) is 0 Å². The van der Waals surface area contributed by atoms with Crippen LogP contribution in [0.5, 0.6) is 0 Å². The van der Waals surface area contributed by atoms with Gasteiger partial charge in [0.15, 0.2) is 0 Å². The average molecular weight is 280 g/mol. The Bertz CT molecular complexity index is 493. The average Bonchev–Trinajstić information content (AvgIpc) is 2.94. The first-order valence-electron chi connectivity index (χ1n) is 6.66. The predicted molar refractivity (Wildman–Crippen MR) is 76.6 cm³/mol. The standard InChI is InChI=1S/C14H18ClN3O/c1-9-2-3-12(4-13(9)15)17-14(19)18-7-10-5-16-6-11(10)8-18/h2-4,10-11,16H,5-8H2,1H3,(H,17,19)/t10-,11+. The minimum absolute atomic E-state index is 0.0191. The minimum atomic E-state index is -0.0191. The molecule has 0 bridgehead atoms. The number of nitrogens with zero attached hydrogens (tertiary/aromatic N) is 1. The molecule has 2 N–H and O–H groups in total. The van der Waals surface area contributed by atoms with Gasteiger partial charge in [-0.15, -0.1) is 0 Å². The van der Waals surface area contributed by atoms with E-state index in [0.29, 0.717) is 16.9 Å². The van der Waals surface area contributed by atoms with E-state index >= 15 is 0 Å². The summed E-state index contributed by atoms with van der Waals surface area (Å²) in [5, 5.41) is 6.98. The number of aryl methyl sites for hydroxylation is 1. The summed E-state index contributed by atoms with van der Waals surface area (Å²) in [4.78, 5) is 14.1. The topological polar surface area (TPSA) is 44.4 Å². The minimum Gasteiger partial charge on any atom is -0.324 e. The summed E-state index contributed by atoms with van der Waals surface area (Å²) in [6, 6.07) is 5.58. The fourth-order valence-electron chi connectivity index (χ4n) is 2.89. The molecule has 2 aliphatic rings. The lowest BCUT2D eigenvalue weighted by atomic mass is 10.0. The number of carbonyl (C=O) groups excluding carboxylic acids is 1. The maximum absolute atomic E-state index is 12.2. The van der Waals surface area contributed by atoms with E-state index in [1.165, 1.54) is 0 Å². The zero-order chi connectivity index (χ0) is 13.4. The van der Waals surface area contributed by atoms with Gasteiger partial charge in [-0.1, -0.05) is 17.7 Å². The van der Waals surface area contributed by atoms with E-state index in [2.05, 4.69) is 10.6 Å². The largest absolute Gasteiger partial charge is 0.324 e. The molecule has 2 aliphatic heterocycles. The van der Waals surface area contributed by atoms with Crippen molar-refractivity contribution in [3.63, 3.8) is 0 Å². The summed E-state index contributed by atoms with van der Waals surface area (Å²) in [6.07, 6.45) is 0. The normalized spacial score (nSPS) is 25.5. The molecule has 0 unspecified atom stereocenters. The summed E-state index contributed by atoms with van der Waals surface area (Å²) in [7, 11) is 0. The summed E-state index contributed by atoms with van der Waals surface area (Å²) in [6.45, 7) is 5.71. The Morgan fingerprint density at radius 2 is 2.05 bits per heavy atom. The van der Waals surface area contributed by atoms with Gasteiger partial charge in [0, 0.05) is 36.9 Å². The van der Waals surface area contributed by atoms with Crippen LogP contribution in [0.2, 0.25) is 5.02 Å². The molecule has 102 valence electrons. The van der Waals surface area contributed by atoms with E-state index in [0.717, 1.165) is 37.4 Å². The van der Waals surface area contributed by atoms with Crippen molar-refractivity contribution in [1.82, 2.24) is 10.2 Å². The second-order valence-electron chi connectivity index (χ2n) is 5.48. The van der Waals surface area contributed by atoms with Crippen LogP contribution in [0.15, 0.2) is 18.2 Å².